The highest BCUT2D eigenvalue weighted by atomic mass is 79.9. The molecule has 0 radical (unpaired) electrons. The fourth-order valence-corrected chi connectivity index (χ4v) is 3.16. The van der Waals surface area contributed by atoms with Gasteiger partial charge in [0.05, 0.1) is 4.47 Å². The molecule has 0 unspecified atom stereocenters. The van der Waals surface area contributed by atoms with E-state index in [1.807, 2.05) is 12.1 Å². The minimum atomic E-state index is 0.606. The molecular formula is C18H21BrN2O2. The summed E-state index contributed by atoms with van der Waals surface area (Å²) in [6.45, 7) is 3.89. The van der Waals surface area contributed by atoms with Crippen molar-refractivity contribution in [2.45, 2.75) is 6.54 Å². The third-order valence-electron chi connectivity index (χ3n) is 3.81. The van der Waals surface area contributed by atoms with Gasteiger partial charge in [0.2, 0.25) is 0 Å². The van der Waals surface area contributed by atoms with Gasteiger partial charge in [-0.1, -0.05) is 18.2 Å². The Morgan fingerprint density at radius 1 is 1.13 bits per heavy atom. The van der Waals surface area contributed by atoms with Gasteiger partial charge in [-0.2, -0.15) is 0 Å². The van der Waals surface area contributed by atoms with Crippen LogP contribution in [-0.2, 0) is 6.54 Å². The minimum Gasteiger partial charge on any atom is -0.486 e. The number of hydrogen-bond donors (Lipinski definition) is 1. The van der Waals surface area contributed by atoms with Gasteiger partial charge in [0.1, 0.15) is 13.2 Å². The second kappa shape index (κ2) is 7.70. The first-order valence-corrected chi connectivity index (χ1v) is 8.58. The van der Waals surface area contributed by atoms with Crippen molar-refractivity contribution in [3.05, 3.63) is 52.5 Å². The van der Waals surface area contributed by atoms with E-state index in [9.17, 15) is 0 Å². The van der Waals surface area contributed by atoms with Crippen LogP contribution in [0.15, 0.2) is 46.9 Å². The lowest BCUT2D eigenvalue weighted by Crippen LogP contribution is -2.28. The first-order valence-electron chi connectivity index (χ1n) is 7.79. The molecule has 1 heterocycles. The maximum absolute atomic E-state index is 5.66. The van der Waals surface area contributed by atoms with Crippen LogP contribution >= 0.6 is 15.9 Å². The normalized spacial score (nSPS) is 13.0. The number of para-hydroxylation sites is 1. The summed E-state index contributed by atoms with van der Waals surface area (Å²) in [7, 11) is 2.11. The maximum atomic E-state index is 5.66. The van der Waals surface area contributed by atoms with Gasteiger partial charge in [0, 0.05) is 32.4 Å². The molecular weight excluding hydrogens is 356 g/mol. The van der Waals surface area contributed by atoms with Gasteiger partial charge in [-0.3, -0.25) is 0 Å². The Morgan fingerprint density at radius 2 is 1.91 bits per heavy atom. The van der Waals surface area contributed by atoms with Gasteiger partial charge in [-0.15, -0.1) is 0 Å². The fraction of sp³-hybridized carbons (Fsp3) is 0.333. The van der Waals surface area contributed by atoms with E-state index in [0.717, 1.165) is 35.6 Å². The highest BCUT2D eigenvalue weighted by Crippen LogP contribution is 2.38. The number of nitrogens with zero attached hydrogens (tertiary/aromatic N) is 1. The van der Waals surface area contributed by atoms with E-state index in [2.05, 4.69) is 63.5 Å². The van der Waals surface area contributed by atoms with Crippen molar-refractivity contribution in [2.24, 2.45) is 0 Å². The van der Waals surface area contributed by atoms with E-state index in [4.69, 9.17) is 9.47 Å². The predicted molar refractivity (Wildman–Crippen MR) is 96.6 cm³/mol. The van der Waals surface area contributed by atoms with Crippen LogP contribution in [-0.4, -0.2) is 33.4 Å². The molecule has 1 N–H and O–H groups in total. The second-order valence-electron chi connectivity index (χ2n) is 5.54. The zero-order valence-corrected chi connectivity index (χ0v) is 14.8. The van der Waals surface area contributed by atoms with Crippen molar-refractivity contribution in [1.82, 2.24) is 5.32 Å². The minimum absolute atomic E-state index is 0.606. The predicted octanol–water partition coefficient (Wildman–Crippen LogP) is 3.45. The monoisotopic (exact) mass is 376 g/mol. The van der Waals surface area contributed by atoms with Gasteiger partial charge < -0.3 is 19.7 Å². The first kappa shape index (κ1) is 16.1. The molecule has 1 aliphatic heterocycles. The number of halogens is 1. The molecule has 4 nitrogen and oxygen atoms in total. The summed E-state index contributed by atoms with van der Waals surface area (Å²) >= 11 is 3.55. The van der Waals surface area contributed by atoms with Crippen LogP contribution in [0.1, 0.15) is 5.56 Å². The molecule has 3 rings (SSSR count). The molecule has 0 spiro atoms. The third kappa shape index (κ3) is 4.18. The quantitative estimate of drug-likeness (QED) is 0.782. The maximum Gasteiger partial charge on any atom is 0.175 e. The molecule has 0 bridgehead atoms. The van der Waals surface area contributed by atoms with Crippen LogP contribution in [0.25, 0.3) is 0 Å². The second-order valence-corrected chi connectivity index (χ2v) is 6.39. The number of rotatable bonds is 6. The van der Waals surface area contributed by atoms with E-state index >= 15 is 0 Å². The summed E-state index contributed by atoms with van der Waals surface area (Å²) in [6, 6.07) is 14.5. The number of benzene rings is 2. The van der Waals surface area contributed by atoms with Crippen molar-refractivity contribution >= 4 is 21.6 Å². The SMILES string of the molecule is CN(CCNCc1cc(Br)c2c(c1)OCCO2)c1ccccc1. The van der Waals surface area contributed by atoms with Gasteiger partial charge >= 0.3 is 0 Å². The standard InChI is InChI=1S/C18H21BrN2O2/c1-21(15-5-3-2-4-6-15)8-7-20-13-14-11-16(19)18-17(12-14)22-9-10-23-18/h2-6,11-12,20H,7-10,13H2,1H3. The largest absolute Gasteiger partial charge is 0.486 e. The molecule has 0 amide bonds. The molecule has 0 fully saturated rings. The van der Waals surface area contributed by atoms with Crippen LogP contribution in [0, 0.1) is 0 Å². The molecule has 1 aliphatic rings. The Hall–Kier alpha value is -1.72. The van der Waals surface area contributed by atoms with Crippen LogP contribution in [0.4, 0.5) is 5.69 Å². The Labute approximate surface area is 145 Å². The molecule has 2 aromatic rings. The Kier molecular flexibility index (Phi) is 5.41. The molecule has 0 atom stereocenters. The number of hydrogen-bond acceptors (Lipinski definition) is 4. The molecule has 2 aromatic carbocycles. The number of likely N-dealkylation sites (N-methyl/N-ethyl adjacent to an activating group) is 1. The molecule has 0 saturated carbocycles. The first-order chi connectivity index (χ1) is 11.2. The lowest BCUT2D eigenvalue weighted by molar-refractivity contribution is 0.170. The lowest BCUT2D eigenvalue weighted by Gasteiger charge is -2.21. The van der Waals surface area contributed by atoms with Crippen LogP contribution in [0.2, 0.25) is 0 Å². The summed E-state index contributed by atoms with van der Waals surface area (Å²) in [6.07, 6.45) is 0. The lowest BCUT2D eigenvalue weighted by atomic mass is 10.2. The van der Waals surface area contributed by atoms with Crippen LogP contribution in [0.5, 0.6) is 11.5 Å². The van der Waals surface area contributed by atoms with Crippen LogP contribution < -0.4 is 19.7 Å². The topological polar surface area (TPSA) is 33.7 Å². The van der Waals surface area contributed by atoms with E-state index in [1.165, 1.54) is 11.3 Å². The van der Waals surface area contributed by atoms with Gasteiger partial charge in [-0.05, 0) is 45.8 Å². The molecule has 0 aliphatic carbocycles. The summed E-state index contributed by atoms with van der Waals surface area (Å²) in [5, 5.41) is 3.48. The molecule has 23 heavy (non-hydrogen) atoms. The molecule has 5 heteroatoms. The Bertz CT molecular complexity index is 649. The zero-order chi connectivity index (χ0) is 16.1. The van der Waals surface area contributed by atoms with Crippen LogP contribution in [0.3, 0.4) is 0 Å². The smallest absolute Gasteiger partial charge is 0.175 e. The highest BCUT2D eigenvalue weighted by Gasteiger charge is 2.16. The van der Waals surface area contributed by atoms with E-state index < -0.39 is 0 Å². The van der Waals surface area contributed by atoms with E-state index in [1.54, 1.807) is 0 Å². The third-order valence-corrected chi connectivity index (χ3v) is 4.40. The summed E-state index contributed by atoms with van der Waals surface area (Å²) in [5.74, 6) is 1.63. The molecule has 0 saturated heterocycles. The van der Waals surface area contributed by atoms with E-state index in [0.29, 0.717) is 13.2 Å². The molecule has 0 aromatic heterocycles. The summed E-state index contributed by atoms with van der Waals surface area (Å²) < 4.78 is 12.2. The summed E-state index contributed by atoms with van der Waals surface area (Å²) in [5.41, 5.74) is 2.42. The summed E-state index contributed by atoms with van der Waals surface area (Å²) in [4.78, 5) is 2.24. The number of ether oxygens (including phenoxy) is 2. The van der Waals surface area contributed by atoms with Gasteiger partial charge in [-0.25, -0.2) is 0 Å². The van der Waals surface area contributed by atoms with Crippen molar-refractivity contribution in [1.29, 1.82) is 0 Å². The number of anilines is 1. The van der Waals surface area contributed by atoms with Gasteiger partial charge in [0.15, 0.2) is 11.5 Å². The van der Waals surface area contributed by atoms with Crippen molar-refractivity contribution in [2.75, 3.05) is 38.3 Å². The fourth-order valence-electron chi connectivity index (χ4n) is 2.56. The van der Waals surface area contributed by atoms with E-state index in [-0.39, 0.29) is 0 Å². The average Bonchev–Trinajstić information content (AvgIpc) is 2.59. The highest BCUT2D eigenvalue weighted by molar-refractivity contribution is 9.10. The number of fused-ring (bicyclic) bond motifs is 1. The Balaban J connectivity index is 1.50. The van der Waals surface area contributed by atoms with Crippen molar-refractivity contribution in [3.8, 4) is 11.5 Å². The average molecular weight is 377 g/mol. The van der Waals surface area contributed by atoms with Crippen molar-refractivity contribution < 1.29 is 9.47 Å². The van der Waals surface area contributed by atoms with Gasteiger partial charge in [0.25, 0.3) is 0 Å². The zero-order valence-electron chi connectivity index (χ0n) is 13.2. The van der Waals surface area contributed by atoms with Crippen molar-refractivity contribution in [3.63, 3.8) is 0 Å². The molecule has 122 valence electrons. The Morgan fingerprint density at radius 3 is 2.74 bits per heavy atom. The number of nitrogens with one attached hydrogen (secondary N) is 1.